The third-order valence-corrected chi connectivity index (χ3v) is 5.53. The van der Waals surface area contributed by atoms with Gasteiger partial charge < -0.3 is 24.3 Å². The van der Waals surface area contributed by atoms with Crippen LogP contribution in [0.3, 0.4) is 0 Å². The highest BCUT2D eigenvalue weighted by molar-refractivity contribution is 5.95. The molecule has 1 aromatic carbocycles. The smallest absolute Gasteiger partial charge is 0.417 e. The molecule has 3 rings (SSSR count). The Hall–Kier alpha value is -3.17. The summed E-state index contributed by atoms with van der Waals surface area (Å²) in [5.74, 6) is 1.29. The number of nitrogens with zero attached hydrogens (tertiary/aromatic N) is 1. The monoisotopic (exact) mass is 496 g/mol. The van der Waals surface area contributed by atoms with Gasteiger partial charge in [-0.2, -0.15) is 13.2 Å². The second-order valence-electron chi connectivity index (χ2n) is 8.05. The molecular formula is C25H31F3N2O5. The third-order valence-electron chi connectivity index (χ3n) is 5.53. The summed E-state index contributed by atoms with van der Waals surface area (Å²) in [6, 6.07) is 5.43. The van der Waals surface area contributed by atoms with Crippen molar-refractivity contribution in [3.63, 3.8) is 0 Å². The van der Waals surface area contributed by atoms with Gasteiger partial charge in [0.15, 0.2) is 11.5 Å². The zero-order chi connectivity index (χ0) is 25.4. The fourth-order valence-electron chi connectivity index (χ4n) is 3.90. The normalized spacial score (nSPS) is 18.0. The summed E-state index contributed by atoms with van der Waals surface area (Å²) in [4.78, 5) is 16.8. The molecule has 0 spiro atoms. The van der Waals surface area contributed by atoms with E-state index in [2.05, 4.69) is 10.3 Å². The van der Waals surface area contributed by atoms with E-state index in [0.717, 1.165) is 12.3 Å². The van der Waals surface area contributed by atoms with E-state index in [0.29, 0.717) is 68.3 Å². The van der Waals surface area contributed by atoms with Crippen LogP contribution in [-0.4, -0.2) is 42.9 Å². The van der Waals surface area contributed by atoms with Crippen molar-refractivity contribution in [2.24, 2.45) is 0 Å². The molecular weight excluding hydrogens is 465 g/mol. The first kappa shape index (κ1) is 26.4. The van der Waals surface area contributed by atoms with E-state index in [1.807, 2.05) is 20.8 Å². The molecule has 0 radical (unpaired) electrons. The molecule has 1 fully saturated rings. The maximum Gasteiger partial charge on any atom is 0.417 e. The fourth-order valence-corrected chi connectivity index (χ4v) is 3.90. The van der Waals surface area contributed by atoms with Gasteiger partial charge in [-0.25, -0.2) is 4.98 Å². The van der Waals surface area contributed by atoms with Crippen LogP contribution in [-0.2, 0) is 6.18 Å². The molecule has 7 nitrogen and oxygen atoms in total. The third kappa shape index (κ3) is 7.16. The summed E-state index contributed by atoms with van der Waals surface area (Å²) in [5.41, 5.74) is -0.404. The van der Waals surface area contributed by atoms with E-state index in [1.165, 1.54) is 6.07 Å². The van der Waals surface area contributed by atoms with Gasteiger partial charge in [0.05, 0.1) is 25.4 Å². The lowest BCUT2D eigenvalue weighted by Crippen LogP contribution is -2.39. The highest BCUT2D eigenvalue weighted by Gasteiger charge is 2.31. The summed E-state index contributed by atoms with van der Waals surface area (Å²) in [7, 11) is 0. The van der Waals surface area contributed by atoms with Crippen molar-refractivity contribution in [1.29, 1.82) is 0 Å². The van der Waals surface area contributed by atoms with Crippen LogP contribution < -0.4 is 24.3 Å². The maximum absolute atomic E-state index is 13.0. The summed E-state index contributed by atoms with van der Waals surface area (Å²) in [5, 5.41) is 3.05. The number of pyridine rings is 1. The molecule has 192 valence electrons. The number of halogens is 3. The number of amides is 1. The molecule has 35 heavy (non-hydrogen) atoms. The molecule has 10 heteroatoms. The molecule has 1 aromatic heterocycles. The predicted molar refractivity (Wildman–Crippen MR) is 123 cm³/mol. The van der Waals surface area contributed by atoms with Crippen molar-refractivity contribution >= 4 is 5.91 Å². The van der Waals surface area contributed by atoms with Crippen LogP contribution in [0.2, 0.25) is 0 Å². The van der Waals surface area contributed by atoms with Crippen molar-refractivity contribution in [2.75, 3.05) is 19.8 Å². The van der Waals surface area contributed by atoms with Gasteiger partial charge in [0.25, 0.3) is 5.91 Å². The molecule has 1 saturated carbocycles. The Morgan fingerprint density at radius 1 is 0.971 bits per heavy atom. The van der Waals surface area contributed by atoms with Crippen molar-refractivity contribution in [3.05, 3.63) is 41.6 Å². The van der Waals surface area contributed by atoms with E-state index < -0.39 is 11.7 Å². The average molecular weight is 497 g/mol. The Bertz CT molecular complexity index is 947. The summed E-state index contributed by atoms with van der Waals surface area (Å²) in [6.07, 6.45) is -1.21. The molecule has 0 saturated heterocycles. The molecule has 2 aromatic rings. The van der Waals surface area contributed by atoms with Crippen LogP contribution in [0.15, 0.2) is 30.5 Å². The quantitative estimate of drug-likeness (QED) is 0.474. The zero-order valence-electron chi connectivity index (χ0n) is 20.1. The van der Waals surface area contributed by atoms with Gasteiger partial charge in [0.1, 0.15) is 6.10 Å². The van der Waals surface area contributed by atoms with Gasteiger partial charge >= 0.3 is 6.18 Å². The minimum atomic E-state index is -4.43. The number of hydrogen-bond acceptors (Lipinski definition) is 6. The van der Waals surface area contributed by atoms with Gasteiger partial charge in [0, 0.05) is 23.9 Å². The number of carbonyl (C=O) groups is 1. The Morgan fingerprint density at radius 2 is 1.57 bits per heavy atom. The number of rotatable bonds is 10. The number of benzene rings is 1. The Balaban J connectivity index is 1.59. The van der Waals surface area contributed by atoms with Crippen molar-refractivity contribution < 1.29 is 36.9 Å². The topological polar surface area (TPSA) is 78.9 Å². The van der Waals surface area contributed by atoms with Crippen molar-refractivity contribution in [2.45, 2.75) is 64.8 Å². The van der Waals surface area contributed by atoms with Crippen LogP contribution in [0.5, 0.6) is 23.1 Å². The number of hydrogen-bond donors (Lipinski definition) is 1. The molecule has 1 aliphatic rings. The van der Waals surface area contributed by atoms with Gasteiger partial charge in [0.2, 0.25) is 11.6 Å². The Kier molecular flexibility index (Phi) is 9.06. The molecule has 1 N–H and O–H groups in total. The van der Waals surface area contributed by atoms with Crippen molar-refractivity contribution in [1.82, 2.24) is 10.3 Å². The lowest BCUT2D eigenvalue weighted by Gasteiger charge is -2.29. The first-order chi connectivity index (χ1) is 16.7. The minimum absolute atomic E-state index is 0.0550. The van der Waals surface area contributed by atoms with Gasteiger partial charge in [-0.15, -0.1) is 0 Å². The minimum Gasteiger partial charge on any atom is -0.490 e. The zero-order valence-corrected chi connectivity index (χ0v) is 20.1. The van der Waals surface area contributed by atoms with Crippen LogP contribution in [0.4, 0.5) is 13.2 Å². The van der Waals surface area contributed by atoms with E-state index in [-0.39, 0.29) is 23.9 Å². The first-order valence-corrected chi connectivity index (χ1v) is 11.8. The van der Waals surface area contributed by atoms with E-state index >= 15 is 0 Å². The Morgan fingerprint density at radius 3 is 2.06 bits per heavy atom. The lowest BCUT2D eigenvalue weighted by molar-refractivity contribution is -0.137. The SMILES string of the molecule is CCOc1cc(C(=O)NC2CCC(Oc3ccc(C(F)(F)F)cn3)CC2)cc(OCC)c1OCC. The molecule has 1 amide bonds. The van der Waals surface area contributed by atoms with E-state index in [4.69, 9.17) is 18.9 Å². The fraction of sp³-hybridized carbons (Fsp3) is 0.520. The number of aromatic nitrogens is 1. The predicted octanol–water partition coefficient (Wildman–Crippen LogP) is 5.42. The molecule has 1 heterocycles. The summed E-state index contributed by atoms with van der Waals surface area (Å²) < 4.78 is 60.9. The van der Waals surface area contributed by atoms with Crippen LogP contribution in [0.1, 0.15) is 62.4 Å². The number of alkyl halides is 3. The van der Waals surface area contributed by atoms with Crippen LogP contribution in [0, 0.1) is 0 Å². The molecule has 0 bridgehead atoms. The summed E-state index contributed by atoms with van der Waals surface area (Å²) in [6.45, 7) is 6.81. The van der Waals surface area contributed by atoms with Crippen LogP contribution >= 0.6 is 0 Å². The van der Waals surface area contributed by atoms with Gasteiger partial charge in [-0.3, -0.25) is 4.79 Å². The highest BCUT2D eigenvalue weighted by Crippen LogP contribution is 2.39. The standard InChI is InChI=1S/C25H31F3N2O5/c1-4-32-20-13-16(14-21(33-5-2)23(20)34-6-3)24(31)30-18-8-10-19(11-9-18)35-22-12-7-17(15-29-22)25(26,27)28/h7,12-15,18-19H,4-6,8-11H2,1-3H3,(H,30,31). The lowest BCUT2D eigenvalue weighted by atomic mass is 9.92. The number of carbonyl (C=O) groups excluding carboxylic acids is 1. The van der Waals surface area contributed by atoms with Gasteiger partial charge in [-0.1, -0.05) is 0 Å². The van der Waals surface area contributed by atoms with Crippen LogP contribution in [0.25, 0.3) is 0 Å². The summed E-state index contributed by atoms with van der Waals surface area (Å²) >= 11 is 0. The Labute approximate surface area is 202 Å². The maximum atomic E-state index is 13.0. The van der Waals surface area contributed by atoms with E-state index in [1.54, 1.807) is 12.1 Å². The second-order valence-corrected chi connectivity index (χ2v) is 8.05. The highest BCUT2D eigenvalue weighted by atomic mass is 19.4. The first-order valence-electron chi connectivity index (χ1n) is 11.8. The van der Waals surface area contributed by atoms with Crippen molar-refractivity contribution in [3.8, 4) is 23.1 Å². The molecule has 0 aliphatic heterocycles. The molecule has 0 atom stereocenters. The molecule has 0 unspecified atom stereocenters. The number of ether oxygens (including phenoxy) is 4. The van der Waals surface area contributed by atoms with E-state index in [9.17, 15) is 18.0 Å². The number of nitrogens with one attached hydrogen (secondary N) is 1. The van der Waals surface area contributed by atoms with Gasteiger partial charge in [-0.05, 0) is 64.7 Å². The largest absolute Gasteiger partial charge is 0.490 e. The average Bonchev–Trinajstić information content (AvgIpc) is 2.82. The molecule has 1 aliphatic carbocycles. The second kappa shape index (κ2) is 12.0.